The first-order valence-corrected chi connectivity index (χ1v) is 11.1. The number of rotatable bonds is 10. The Labute approximate surface area is 198 Å². The molecule has 0 heterocycles. The van der Waals surface area contributed by atoms with Crippen LogP contribution >= 0.6 is 0 Å². The quantitative estimate of drug-likeness (QED) is 0.211. The molecule has 7 heteroatoms. The molecule has 178 valence electrons. The average molecular weight is 465 g/mol. The fourth-order valence-electron chi connectivity index (χ4n) is 3.40. The predicted octanol–water partition coefficient (Wildman–Crippen LogP) is 5.47. The summed E-state index contributed by atoms with van der Waals surface area (Å²) in [5, 5.41) is 28.9. The Morgan fingerprint density at radius 2 is 1.47 bits per heavy atom. The lowest BCUT2D eigenvalue weighted by Gasteiger charge is -2.15. The highest BCUT2D eigenvalue weighted by Crippen LogP contribution is 2.33. The number of hydrogen-bond donors (Lipinski definition) is 3. The van der Waals surface area contributed by atoms with Gasteiger partial charge in [-0.1, -0.05) is 37.6 Å². The molecule has 0 aliphatic heterocycles. The van der Waals surface area contributed by atoms with E-state index in [-0.39, 0.29) is 28.4 Å². The van der Waals surface area contributed by atoms with Gasteiger partial charge in [-0.05, 0) is 48.7 Å². The number of carboxylic acid groups (broad SMARTS) is 1. The normalized spacial score (nSPS) is 10.6. The molecule has 0 saturated heterocycles. The molecule has 4 rings (SSSR count). The minimum absolute atomic E-state index is 0.0305. The van der Waals surface area contributed by atoms with Crippen molar-refractivity contribution in [2.24, 2.45) is 0 Å². The minimum Gasteiger partial charge on any atom is -0.507 e. The van der Waals surface area contributed by atoms with E-state index < -0.39 is 5.97 Å². The van der Waals surface area contributed by atoms with Crippen molar-refractivity contribution in [2.45, 2.75) is 33.1 Å². The van der Waals surface area contributed by atoms with Gasteiger partial charge in [0.15, 0.2) is 5.78 Å². The topological polar surface area (TPSA) is 113 Å². The number of phenolic OH excluding ortho intramolecular Hbond substituents is 1. The first-order valence-electron chi connectivity index (χ1n) is 11.1. The van der Waals surface area contributed by atoms with Gasteiger partial charge < -0.3 is 24.8 Å². The Balaban J connectivity index is 0.000000457. The highest BCUT2D eigenvalue weighted by atomic mass is 16.5. The highest BCUT2D eigenvalue weighted by molar-refractivity contribution is 5.97. The number of phenols is 2. The summed E-state index contributed by atoms with van der Waals surface area (Å²) in [5.41, 5.74) is 3.56. The van der Waals surface area contributed by atoms with Gasteiger partial charge in [0.2, 0.25) is 0 Å². The SMILES string of the molecule is CCCc1c(OCCCOc2ccc(C(=O)O)c(O)c2)ccc(C(C)=O)c1O.c1cc2ccc1-2. The zero-order valence-corrected chi connectivity index (χ0v) is 19.2. The van der Waals surface area contributed by atoms with Crippen LogP contribution in [0.1, 0.15) is 53.0 Å². The molecule has 0 fully saturated rings. The number of carbonyl (C=O) groups excluding carboxylic acids is 1. The fourth-order valence-corrected chi connectivity index (χ4v) is 3.40. The summed E-state index contributed by atoms with van der Waals surface area (Å²) in [4.78, 5) is 22.5. The molecule has 34 heavy (non-hydrogen) atoms. The molecule has 3 N–H and O–H groups in total. The third-order valence-corrected chi connectivity index (χ3v) is 5.35. The predicted molar refractivity (Wildman–Crippen MR) is 128 cm³/mol. The minimum atomic E-state index is -1.21. The summed E-state index contributed by atoms with van der Waals surface area (Å²) in [6, 6.07) is 15.7. The van der Waals surface area contributed by atoms with Gasteiger partial charge in [-0.15, -0.1) is 0 Å². The van der Waals surface area contributed by atoms with Crippen molar-refractivity contribution in [1.29, 1.82) is 0 Å². The largest absolute Gasteiger partial charge is 0.507 e. The number of aromatic carboxylic acids is 1. The van der Waals surface area contributed by atoms with Crippen molar-refractivity contribution in [2.75, 3.05) is 13.2 Å². The molecule has 2 aromatic carbocycles. The fraction of sp³-hybridized carbons (Fsp3) is 0.259. The van der Waals surface area contributed by atoms with Gasteiger partial charge in [0.05, 0.1) is 18.8 Å². The highest BCUT2D eigenvalue weighted by Gasteiger charge is 2.16. The number of benzene rings is 3. The van der Waals surface area contributed by atoms with Gasteiger partial charge in [0, 0.05) is 18.1 Å². The molecular formula is C27H28O7. The zero-order chi connectivity index (χ0) is 24.7. The lowest BCUT2D eigenvalue weighted by Crippen LogP contribution is -2.07. The molecule has 0 bridgehead atoms. The number of ketones is 1. The molecule has 0 amide bonds. The standard InChI is InChI=1S/C21H24O7.C6H4/c1-3-5-17-19(9-8-15(13(2)22)20(17)24)28-11-4-10-27-14-6-7-16(21(25)26)18(23)12-14;1-2-6-4-3-5(1)6/h6-9,12,23-24H,3-5,10-11H2,1-2H3,(H,25,26);1-4H. The molecule has 7 nitrogen and oxygen atoms in total. The van der Waals surface area contributed by atoms with E-state index in [4.69, 9.17) is 14.6 Å². The molecule has 2 aliphatic rings. The van der Waals surface area contributed by atoms with Crippen molar-refractivity contribution in [1.82, 2.24) is 0 Å². The summed E-state index contributed by atoms with van der Waals surface area (Å²) in [6.07, 6.45) is 1.92. The second kappa shape index (κ2) is 11.2. The molecule has 0 saturated carbocycles. The van der Waals surface area contributed by atoms with Gasteiger partial charge in [-0.3, -0.25) is 4.79 Å². The number of Topliss-reactive ketones (excluding diaryl/α,β-unsaturated/α-hetero) is 1. The van der Waals surface area contributed by atoms with Gasteiger partial charge in [-0.25, -0.2) is 4.79 Å². The molecule has 2 aliphatic carbocycles. The number of ether oxygens (including phenoxy) is 2. The Morgan fingerprint density at radius 1 is 0.853 bits per heavy atom. The summed E-state index contributed by atoms with van der Waals surface area (Å²) in [5.74, 6) is -0.902. The van der Waals surface area contributed by atoms with Crippen molar-refractivity contribution in [3.63, 3.8) is 0 Å². The Morgan fingerprint density at radius 3 is 1.97 bits per heavy atom. The number of hydrogen-bond acceptors (Lipinski definition) is 6. The Bertz CT molecular complexity index is 1150. The molecule has 0 unspecified atom stereocenters. The maximum Gasteiger partial charge on any atom is 0.339 e. The summed E-state index contributed by atoms with van der Waals surface area (Å²) < 4.78 is 11.2. The van der Waals surface area contributed by atoms with E-state index in [0.717, 1.165) is 6.42 Å². The average Bonchev–Trinajstić information content (AvgIpc) is 2.78. The zero-order valence-electron chi connectivity index (χ0n) is 19.2. The lowest BCUT2D eigenvalue weighted by molar-refractivity contribution is 0.0693. The number of carboxylic acids is 1. The van der Waals surface area contributed by atoms with Gasteiger partial charge >= 0.3 is 5.97 Å². The van der Waals surface area contributed by atoms with Crippen LogP contribution in [0.15, 0.2) is 54.6 Å². The second-order valence-electron chi connectivity index (χ2n) is 7.86. The number of carbonyl (C=O) groups is 2. The number of aromatic hydroxyl groups is 2. The van der Waals surface area contributed by atoms with E-state index in [1.54, 1.807) is 12.1 Å². The van der Waals surface area contributed by atoms with E-state index in [0.29, 0.717) is 43.1 Å². The van der Waals surface area contributed by atoms with Crippen LogP contribution in [0.4, 0.5) is 0 Å². The van der Waals surface area contributed by atoms with Crippen LogP contribution in [-0.4, -0.2) is 40.3 Å². The van der Waals surface area contributed by atoms with Crippen LogP contribution in [0.5, 0.6) is 23.0 Å². The Kier molecular flexibility index (Phi) is 8.14. The molecular weight excluding hydrogens is 436 g/mol. The third kappa shape index (κ3) is 5.86. The van der Waals surface area contributed by atoms with Crippen LogP contribution in [0.2, 0.25) is 0 Å². The van der Waals surface area contributed by atoms with Gasteiger partial charge in [0.1, 0.15) is 28.6 Å². The molecule has 0 atom stereocenters. The summed E-state index contributed by atoms with van der Waals surface area (Å²) in [7, 11) is 0. The Hall–Kier alpha value is -4.00. The smallest absolute Gasteiger partial charge is 0.339 e. The maximum atomic E-state index is 11.6. The first-order chi connectivity index (χ1) is 16.3. The van der Waals surface area contributed by atoms with Crippen molar-refractivity contribution in [3.8, 4) is 34.1 Å². The van der Waals surface area contributed by atoms with E-state index >= 15 is 0 Å². The van der Waals surface area contributed by atoms with E-state index in [1.165, 1.54) is 36.2 Å². The summed E-state index contributed by atoms with van der Waals surface area (Å²) in [6.45, 7) is 4.01. The molecule has 0 aromatic heterocycles. The maximum absolute atomic E-state index is 11.6. The molecule has 2 aromatic rings. The van der Waals surface area contributed by atoms with Crippen molar-refractivity contribution >= 4 is 11.8 Å². The van der Waals surface area contributed by atoms with Crippen LogP contribution in [0.25, 0.3) is 11.1 Å². The van der Waals surface area contributed by atoms with Crippen LogP contribution < -0.4 is 9.47 Å². The van der Waals surface area contributed by atoms with Crippen LogP contribution in [0, 0.1) is 0 Å². The number of fused-ring (bicyclic) bond motifs is 1. The van der Waals surface area contributed by atoms with Crippen molar-refractivity contribution < 1.29 is 34.4 Å². The first kappa shape index (κ1) is 24.6. The lowest BCUT2D eigenvalue weighted by atomic mass is 9.95. The van der Waals surface area contributed by atoms with Crippen LogP contribution in [-0.2, 0) is 6.42 Å². The van der Waals surface area contributed by atoms with Crippen molar-refractivity contribution in [3.05, 3.63) is 71.3 Å². The van der Waals surface area contributed by atoms with Gasteiger partial charge in [-0.2, -0.15) is 0 Å². The monoisotopic (exact) mass is 464 g/mol. The molecule has 0 radical (unpaired) electrons. The summed E-state index contributed by atoms with van der Waals surface area (Å²) >= 11 is 0. The van der Waals surface area contributed by atoms with Gasteiger partial charge in [0.25, 0.3) is 0 Å². The van der Waals surface area contributed by atoms with E-state index in [9.17, 15) is 19.8 Å². The second-order valence-corrected chi connectivity index (χ2v) is 7.86. The van der Waals surface area contributed by atoms with E-state index in [1.807, 2.05) is 6.92 Å². The van der Waals surface area contributed by atoms with E-state index in [2.05, 4.69) is 24.3 Å². The van der Waals surface area contributed by atoms with Crippen LogP contribution in [0.3, 0.4) is 0 Å². The third-order valence-electron chi connectivity index (χ3n) is 5.35. The molecule has 0 spiro atoms.